The number of ether oxygens (including phenoxy) is 2. The average molecular weight is 213 g/mol. The summed E-state index contributed by atoms with van der Waals surface area (Å²) in [5, 5.41) is 8.91. The van der Waals surface area contributed by atoms with Gasteiger partial charge in [-0.3, -0.25) is 0 Å². The Morgan fingerprint density at radius 1 is 0.933 bits per heavy atom. The Bertz CT molecular complexity index is 199. The number of nitriles is 1. The summed E-state index contributed by atoms with van der Waals surface area (Å²) in [6.45, 7) is 12.7. The lowest BCUT2D eigenvalue weighted by molar-refractivity contribution is -0.0555. The summed E-state index contributed by atoms with van der Waals surface area (Å²) in [6.07, 6.45) is 0. The summed E-state index contributed by atoms with van der Waals surface area (Å²) in [6, 6.07) is 2.20. The number of hydrogen-bond acceptors (Lipinski definition) is 3. The Morgan fingerprint density at radius 2 is 1.27 bits per heavy atom. The molecule has 0 N–H and O–H groups in total. The minimum Gasteiger partial charge on any atom is -0.374 e. The van der Waals surface area contributed by atoms with Crippen molar-refractivity contribution in [1.82, 2.24) is 0 Å². The lowest BCUT2D eigenvalue weighted by atomic mass is 10.1. The van der Waals surface area contributed by atoms with Crippen molar-refractivity contribution < 1.29 is 9.47 Å². The summed E-state index contributed by atoms with van der Waals surface area (Å²) < 4.78 is 11.1. The molecule has 0 amide bonds. The zero-order valence-corrected chi connectivity index (χ0v) is 10.8. The molecule has 0 saturated carbocycles. The molecule has 0 saturated heterocycles. The van der Waals surface area contributed by atoms with Gasteiger partial charge in [0.1, 0.15) is 0 Å². The van der Waals surface area contributed by atoms with Gasteiger partial charge in [0, 0.05) is 0 Å². The van der Waals surface area contributed by atoms with E-state index in [4.69, 9.17) is 14.7 Å². The molecule has 0 atom stereocenters. The third-order valence-electron chi connectivity index (χ3n) is 1.62. The predicted molar refractivity (Wildman–Crippen MR) is 60.5 cm³/mol. The zero-order valence-electron chi connectivity index (χ0n) is 10.8. The van der Waals surface area contributed by atoms with Crippen LogP contribution in [0, 0.1) is 17.2 Å². The third-order valence-corrected chi connectivity index (χ3v) is 1.62. The highest BCUT2D eigenvalue weighted by molar-refractivity contribution is 4.83. The van der Waals surface area contributed by atoms with Crippen LogP contribution < -0.4 is 0 Å². The molecular formula is C12H23NO2. The molecule has 0 bridgehead atoms. The van der Waals surface area contributed by atoms with Crippen molar-refractivity contribution in [2.45, 2.75) is 52.7 Å². The molecule has 0 radical (unpaired) electrons. The average Bonchev–Trinajstić information content (AvgIpc) is 2.00. The summed E-state index contributed by atoms with van der Waals surface area (Å²) in [7, 11) is 0. The van der Waals surface area contributed by atoms with E-state index in [1.807, 2.05) is 41.5 Å². The molecule has 0 spiro atoms. The van der Waals surface area contributed by atoms with Crippen molar-refractivity contribution in [1.29, 1.82) is 5.26 Å². The first kappa shape index (κ1) is 14.4. The van der Waals surface area contributed by atoms with E-state index < -0.39 is 0 Å². The van der Waals surface area contributed by atoms with Gasteiger partial charge in [-0.05, 0) is 41.5 Å². The van der Waals surface area contributed by atoms with Crippen LogP contribution in [0.3, 0.4) is 0 Å². The highest BCUT2D eigenvalue weighted by atomic mass is 16.5. The molecule has 15 heavy (non-hydrogen) atoms. The van der Waals surface area contributed by atoms with Gasteiger partial charge >= 0.3 is 0 Å². The monoisotopic (exact) mass is 213 g/mol. The topological polar surface area (TPSA) is 42.2 Å². The van der Waals surface area contributed by atoms with Crippen LogP contribution in [-0.2, 0) is 9.47 Å². The fourth-order valence-corrected chi connectivity index (χ4v) is 0.824. The van der Waals surface area contributed by atoms with Gasteiger partial charge in [-0.25, -0.2) is 0 Å². The molecule has 3 heteroatoms. The summed E-state index contributed by atoms with van der Waals surface area (Å²) in [4.78, 5) is 0. The zero-order chi connectivity index (χ0) is 12.1. The standard InChI is InChI=1S/C12H23NO2/c1-11(2,3)14-8-10(7-13)9-15-12(4,5)6/h10H,8-9H2,1-6H3. The van der Waals surface area contributed by atoms with Crippen molar-refractivity contribution in [3.8, 4) is 6.07 Å². The van der Waals surface area contributed by atoms with Gasteiger partial charge < -0.3 is 9.47 Å². The maximum Gasteiger partial charge on any atom is 0.0930 e. The maximum absolute atomic E-state index is 8.91. The molecule has 0 aromatic heterocycles. The molecule has 0 aliphatic rings. The Balaban J connectivity index is 3.91. The van der Waals surface area contributed by atoms with Crippen LogP contribution in [0.5, 0.6) is 0 Å². The second-order valence-electron chi connectivity index (χ2n) is 5.67. The Labute approximate surface area is 93.4 Å². The lowest BCUT2D eigenvalue weighted by Gasteiger charge is -2.24. The summed E-state index contributed by atoms with van der Waals surface area (Å²) in [5.41, 5.74) is -0.395. The van der Waals surface area contributed by atoms with Gasteiger partial charge in [0.15, 0.2) is 0 Å². The van der Waals surface area contributed by atoms with Gasteiger partial charge in [0.05, 0.1) is 36.4 Å². The smallest absolute Gasteiger partial charge is 0.0930 e. The van der Waals surface area contributed by atoms with Crippen LogP contribution >= 0.6 is 0 Å². The van der Waals surface area contributed by atoms with Gasteiger partial charge in [-0.1, -0.05) is 0 Å². The first-order chi connectivity index (χ1) is 6.64. The predicted octanol–water partition coefficient (Wildman–Crippen LogP) is 2.76. The highest BCUT2D eigenvalue weighted by Crippen LogP contribution is 2.13. The van der Waals surface area contributed by atoms with Gasteiger partial charge in [0.25, 0.3) is 0 Å². The van der Waals surface area contributed by atoms with Gasteiger partial charge in [-0.15, -0.1) is 0 Å². The largest absolute Gasteiger partial charge is 0.374 e. The maximum atomic E-state index is 8.91. The molecule has 88 valence electrons. The van der Waals surface area contributed by atoms with Gasteiger partial charge in [-0.2, -0.15) is 5.26 Å². The molecule has 0 unspecified atom stereocenters. The van der Waals surface area contributed by atoms with Crippen molar-refractivity contribution in [2.24, 2.45) is 5.92 Å². The van der Waals surface area contributed by atoms with Crippen molar-refractivity contribution in [3.63, 3.8) is 0 Å². The summed E-state index contributed by atoms with van der Waals surface area (Å²) in [5.74, 6) is -0.191. The van der Waals surface area contributed by atoms with E-state index >= 15 is 0 Å². The molecule has 0 fully saturated rings. The van der Waals surface area contributed by atoms with Crippen molar-refractivity contribution in [2.75, 3.05) is 13.2 Å². The fourth-order valence-electron chi connectivity index (χ4n) is 0.824. The molecule has 0 heterocycles. The van der Waals surface area contributed by atoms with Crippen LogP contribution in [0.15, 0.2) is 0 Å². The van der Waals surface area contributed by atoms with E-state index in [0.29, 0.717) is 13.2 Å². The van der Waals surface area contributed by atoms with Crippen molar-refractivity contribution >= 4 is 0 Å². The minimum absolute atomic E-state index is 0.191. The quantitative estimate of drug-likeness (QED) is 0.721. The highest BCUT2D eigenvalue weighted by Gasteiger charge is 2.18. The van der Waals surface area contributed by atoms with Crippen LogP contribution in [-0.4, -0.2) is 24.4 Å². The van der Waals surface area contributed by atoms with Crippen LogP contribution in [0.2, 0.25) is 0 Å². The second-order valence-corrected chi connectivity index (χ2v) is 5.67. The lowest BCUT2D eigenvalue weighted by Crippen LogP contribution is -2.28. The van der Waals surface area contributed by atoms with Crippen LogP contribution in [0.4, 0.5) is 0 Å². The SMILES string of the molecule is CC(C)(C)OCC(C#N)COC(C)(C)C. The number of hydrogen-bond donors (Lipinski definition) is 0. The van der Waals surface area contributed by atoms with E-state index in [0.717, 1.165) is 0 Å². The summed E-state index contributed by atoms with van der Waals surface area (Å²) >= 11 is 0. The first-order valence-corrected chi connectivity index (χ1v) is 5.31. The van der Waals surface area contributed by atoms with Crippen molar-refractivity contribution in [3.05, 3.63) is 0 Å². The van der Waals surface area contributed by atoms with E-state index in [-0.39, 0.29) is 17.1 Å². The minimum atomic E-state index is -0.198. The van der Waals surface area contributed by atoms with E-state index in [1.54, 1.807) is 0 Å². The van der Waals surface area contributed by atoms with E-state index in [9.17, 15) is 0 Å². The van der Waals surface area contributed by atoms with Crippen LogP contribution in [0.25, 0.3) is 0 Å². The third kappa shape index (κ3) is 9.71. The molecule has 0 aliphatic carbocycles. The van der Waals surface area contributed by atoms with Crippen LogP contribution in [0.1, 0.15) is 41.5 Å². The Hall–Kier alpha value is -0.590. The van der Waals surface area contributed by atoms with E-state index in [2.05, 4.69) is 6.07 Å². The molecule has 0 rings (SSSR count). The molecule has 0 aromatic rings. The molecule has 0 aromatic carbocycles. The van der Waals surface area contributed by atoms with Gasteiger partial charge in [0.2, 0.25) is 0 Å². The molecule has 0 aliphatic heterocycles. The fraction of sp³-hybridized carbons (Fsp3) is 0.917. The number of nitrogens with zero attached hydrogens (tertiary/aromatic N) is 1. The Morgan fingerprint density at radius 3 is 1.47 bits per heavy atom. The second kappa shape index (κ2) is 5.48. The molecule has 3 nitrogen and oxygen atoms in total. The Kier molecular flexibility index (Phi) is 5.27. The normalized spacial score (nSPS) is 12.9. The molecular weight excluding hydrogens is 190 g/mol. The first-order valence-electron chi connectivity index (χ1n) is 5.31. The number of rotatable bonds is 4. The van der Waals surface area contributed by atoms with E-state index in [1.165, 1.54) is 0 Å².